The zero-order valence-electron chi connectivity index (χ0n) is 11.5. The van der Waals surface area contributed by atoms with Crippen molar-refractivity contribution in [2.45, 2.75) is 13.0 Å². The van der Waals surface area contributed by atoms with E-state index in [1.54, 1.807) is 6.07 Å². The van der Waals surface area contributed by atoms with E-state index in [-0.39, 0.29) is 12.7 Å². The number of nitrogens with zero attached hydrogens (tertiary/aromatic N) is 1. The Morgan fingerprint density at radius 2 is 2.30 bits per heavy atom. The van der Waals surface area contributed by atoms with Crippen LogP contribution in [0.4, 0.5) is 5.69 Å². The minimum absolute atomic E-state index is 0.00221. The highest BCUT2D eigenvalue weighted by molar-refractivity contribution is 5.92. The van der Waals surface area contributed by atoms with Crippen LogP contribution in [-0.2, 0) is 4.79 Å². The van der Waals surface area contributed by atoms with Gasteiger partial charge in [-0.15, -0.1) is 0 Å². The second-order valence-electron chi connectivity index (χ2n) is 5.14. The lowest BCUT2D eigenvalue weighted by Crippen LogP contribution is -2.51. The van der Waals surface area contributed by atoms with Crippen molar-refractivity contribution >= 4 is 11.6 Å². The van der Waals surface area contributed by atoms with Gasteiger partial charge in [0.2, 0.25) is 12.7 Å². The highest BCUT2D eigenvalue weighted by Gasteiger charge is 2.20. The van der Waals surface area contributed by atoms with E-state index >= 15 is 0 Å². The van der Waals surface area contributed by atoms with Gasteiger partial charge in [-0.2, -0.15) is 0 Å². The van der Waals surface area contributed by atoms with Crippen molar-refractivity contribution in [1.29, 1.82) is 0 Å². The molecule has 108 valence electrons. The fourth-order valence-electron chi connectivity index (χ4n) is 2.48. The van der Waals surface area contributed by atoms with Gasteiger partial charge in [-0.25, -0.2) is 0 Å². The van der Waals surface area contributed by atoms with Crippen LogP contribution < -0.4 is 20.1 Å². The van der Waals surface area contributed by atoms with Crippen LogP contribution >= 0.6 is 0 Å². The molecule has 2 aliphatic heterocycles. The van der Waals surface area contributed by atoms with Crippen molar-refractivity contribution < 1.29 is 14.3 Å². The zero-order valence-corrected chi connectivity index (χ0v) is 11.5. The number of nitrogens with one attached hydrogen (secondary N) is 2. The van der Waals surface area contributed by atoms with E-state index < -0.39 is 0 Å². The standard InChI is InChI=1S/C14H19N3O3/c1-10-7-15-4-5-17(10)8-14(18)16-11-2-3-12-13(6-11)20-9-19-12/h2-3,6,10,15H,4-5,7-9H2,1H3,(H,16,18)/t10-/m0/s1. The molecule has 0 saturated carbocycles. The molecule has 0 aromatic heterocycles. The van der Waals surface area contributed by atoms with Gasteiger partial charge in [-0.05, 0) is 19.1 Å². The van der Waals surface area contributed by atoms with Gasteiger partial charge < -0.3 is 20.1 Å². The molecule has 0 unspecified atom stereocenters. The molecule has 0 radical (unpaired) electrons. The predicted octanol–water partition coefficient (Wildman–Crippen LogP) is 0.647. The minimum atomic E-state index is -0.00221. The van der Waals surface area contributed by atoms with Gasteiger partial charge in [0, 0.05) is 37.4 Å². The third kappa shape index (κ3) is 2.86. The number of benzene rings is 1. The highest BCUT2D eigenvalue weighted by Crippen LogP contribution is 2.34. The van der Waals surface area contributed by atoms with E-state index in [0.29, 0.717) is 18.3 Å². The molecule has 0 spiro atoms. The third-order valence-electron chi connectivity index (χ3n) is 3.64. The van der Waals surface area contributed by atoms with Gasteiger partial charge in [0.1, 0.15) is 0 Å². The smallest absolute Gasteiger partial charge is 0.238 e. The van der Waals surface area contributed by atoms with Crippen LogP contribution in [0, 0.1) is 0 Å². The summed E-state index contributed by atoms with van der Waals surface area (Å²) in [6.07, 6.45) is 0. The maximum Gasteiger partial charge on any atom is 0.238 e. The van der Waals surface area contributed by atoms with Crippen LogP contribution in [0.15, 0.2) is 18.2 Å². The maximum atomic E-state index is 12.1. The van der Waals surface area contributed by atoms with Gasteiger partial charge in [-0.1, -0.05) is 0 Å². The number of ether oxygens (including phenoxy) is 2. The quantitative estimate of drug-likeness (QED) is 0.849. The molecular weight excluding hydrogens is 258 g/mol. The maximum absolute atomic E-state index is 12.1. The number of anilines is 1. The Labute approximate surface area is 118 Å². The van der Waals surface area contributed by atoms with Crippen LogP contribution in [-0.4, -0.2) is 49.8 Å². The zero-order chi connectivity index (χ0) is 13.9. The summed E-state index contributed by atoms with van der Waals surface area (Å²) in [5, 5.41) is 6.21. The van der Waals surface area contributed by atoms with E-state index in [9.17, 15) is 4.79 Å². The van der Waals surface area contributed by atoms with E-state index in [1.807, 2.05) is 12.1 Å². The second kappa shape index (κ2) is 5.68. The Bertz CT molecular complexity index is 506. The summed E-state index contributed by atoms with van der Waals surface area (Å²) >= 11 is 0. The first-order chi connectivity index (χ1) is 9.72. The number of piperazine rings is 1. The Balaban J connectivity index is 1.58. The molecule has 6 nitrogen and oxygen atoms in total. The molecule has 2 aliphatic rings. The summed E-state index contributed by atoms with van der Waals surface area (Å²) in [5.74, 6) is 1.40. The molecular formula is C14H19N3O3. The summed E-state index contributed by atoms with van der Waals surface area (Å²) < 4.78 is 10.5. The predicted molar refractivity (Wildman–Crippen MR) is 75.1 cm³/mol. The fraction of sp³-hybridized carbons (Fsp3) is 0.500. The van der Waals surface area contributed by atoms with Gasteiger partial charge in [0.15, 0.2) is 11.5 Å². The topological polar surface area (TPSA) is 62.8 Å². The van der Waals surface area contributed by atoms with E-state index in [2.05, 4.69) is 22.5 Å². The van der Waals surface area contributed by atoms with E-state index in [1.165, 1.54) is 0 Å². The minimum Gasteiger partial charge on any atom is -0.454 e. The van der Waals surface area contributed by atoms with Gasteiger partial charge in [-0.3, -0.25) is 9.69 Å². The van der Waals surface area contributed by atoms with Gasteiger partial charge in [0.25, 0.3) is 0 Å². The number of carbonyl (C=O) groups excluding carboxylic acids is 1. The van der Waals surface area contributed by atoms with Crippen molar-refractivity contribution in [2.24, 2.45) is 0 Å². The molecule has 6 heteroatoms. The molecule has 1 atom stereocenters. The molecule has 20 heavy (non-hydrogen) atoms. The second-order valence-corrected chi connectivity index (χ2v) is 5.14. The Kier molecular flexibility index (Phi) is 3.75. The van der Waals surface area contributed by atoms with Crippen molar-refractivity contribution in [1.82, 2.24) is 10.2 Å². The van der Waals surface area contributed by atoms with Crippen molar-refractivity contribution in [2.75, 3.05) is 38.3 Å². The summed E-state index contributed by atoms with van der Waals surface area (Å²) in [6, 6.07) is 5.81. The number of hydrogen-bond donors (Lipinski definition) is 2. The molecule has 1 saturated heterocycles. The van der Waals surface area contributed by atoms with Gasteiger partial charge in [0.05, 0.1) is 6.54 Å². The van der Waals surface area contributed by atoms with E-state index in [0.717, 1.165) is 31.1 Å². The molecule has 1 aromatic carbocycles. The summed E-state index contributed by atoms with van der Waals surface area (Å²) in [4.78, 5) is 14.3. The average Bonchev–Trinajstić information content (AvgIpc) is 2.89. The number of fused-ring (bicyclic) bond motifs is 1. The summed E-state index contributed by atoms with van der Waals surface area (Å²) in [6.45, 7) is 5.54. The SMILES string of the molecule is C[C@H]1CNCCN1CC(=O)Nc1ccc2c(c1)OCO2. The Hall–Kier alpha value is -1.79. The molecule has 2 N–H and O–H groups in total. The number of rotatable bonds is 3. The number of hydrogen-bond acceptors (Lipinski definition) is 5. The molecule has 0 aliphatic carbocycles. The molecule has 1 aromatic rings. The van der Waals surface area contributed by atoms with Crippen LogP contribution in [0.1, 0.15) is 6.92 Å². The first-order valence-electron chi connectivity index (χ1n) is 6.86. The summed E-state index contributed by atoms with van der Waals surface area (Å²) in [5.41, 5.74) is 0.738. The van der Waals surface area contributed by atoms with Crippen LogP contribution in [0.2, 0.25) is 0 Å². The fourth-order valence-corrected chi connectivity index (χ4v) is 2.48. The molecule has 2 heterocycles. The van der Waals surface area contributed by atoms with E-state index in [4.69, 9.17) is 9.47 Å². The first kappa shape index (κ1) is 13.2. The number of amides is 1. The molecule has 1 fully saturated rings. The van der Waals surface area contributed by atoms with Crippen molar-refractivity contribution in [3.8, 4) is 11.5 Å². The Morgan fingerprint density at radius 1 is 1.45 bits per heavy atom. The first-order valence-corrected chi connectivity index (χ1v) is 6.86. The largest absolute Gasteiger partial charge is 0.454 e. The number of carbonyl (C=O) groups is 1. The molecule has 1 amide bonds. The Morgan fingerprint density at radius 3 is 3.15 bits per heavy atom. The van der Waals surface area contributed by atoms with Crippen LogP contribution in [0.3, 0.4) is 0 Å². The third-order valence-corrected chi connectivity index (χ3v) is 3.64. The molecule has 3 rings (SSSR count). The lowest BCUT2D eigenvalue weighted by Gasteiger charge is -2.33. The van der Waals surface area contributed by atoms with Crippen LogP contribution in [0.25, 0.3) is 0 Å². The lowest BCUT2D eigenvalue weighted by atomic mass is 10.2. The van der Waals surface area contributed by atoms with Gasteiger partial charge >= 0.3 is 0 Å². The average molecular weight is 277 g/mol. The van der Waals surface area contributed by atoms with Crippen molar-refractivity contribution in [3.63, 3.8) is 0 Å². The monoisotopic (exact) mass is 277 g/mol. The molecule has 0 bridgehead atoms. The van der Waals surface area contributed by atoms with Crippen molar-refractivity contribution in [3.05, 3.63) is 18.2 Å². The summed E-state index contributed by atoms with van der Waals surface area (Å²) in [7, 11) is 0. The normalized spacial score (nSPS) is 21.8. The highest BCUT2D eigenvalue weighted by atomic mass is 16.7. The lowest BCUT2D eigenvalue weighted by molar-refractivity contribution is -0.118. The van der Waals surface area contributed by atoms with Crippen LogP contribution in [0.5, 0.6) is 11.5 Å².